The van der Waals surface area contributed by atoms with Crippen LogP contribution in [0.1, 0.15) is 19.8 Å². The Hall–Kier alpha value is -1.10. The minimum atomic E-state index is -0.555. The van der Waals surface area contributed by atoms with Crippen molar-refractivity contribution in [1.29, 1.82) is 0 Å². The van der Waals surface area contributed by atoms with E-state index < -0.39 is 12.1 Å². The molecule has 5 nitrogen and oxygen atoms in total. The summed E-state index contributed by atoms with van der Waals surface area (Å²) in [6, 6.07) is -0.987. The molecule has 0 aromatic rings. The van der Waals surface area contributed by atoms with Crippen molar-refractivity contribution < 1.29 is 14.3 Å². The van der Waals surface area contributed by atoms with Crippen LogP contribution in [-0.4, -0.2) is 42.5 Å². The van der Waals surface area contributed by atoms with Crippen LogP contribution < -0.4 is 5.73 Å². The van der Waals surface area contributed by atoms with E-state index in [1.54, 1.807) is 6.92 Å². The SMILES string of the molecule is COC(=O)C1CCCN1C(=O)[C@@H](C)N. The second-order valence-corrected chi connectivity index (χ2v) is 3.50. The molecule has 0 aromatic carbocycles. The molecule has 0 spiro atoms. The summed E-state index contributed by atoms with van der Waals surface area (Å²) in [5.74, 6) is -0.533. The monoisotopic (exact) mass is 200 g/mol. The van der Waals surface area contributed by atoms with Crippen LogP contribution in [0.25, 0.3) is 0 Å². The smallest absolute Gasteiger partial charge is 0.328 e. The first-order valence-corrected chi connectivity index (χ1v) is 4.71. The maximum absolute atomic E-state index is 11.6. The number of esters is 1. The Kier molecular flexibility index (Phi) is 3.46. The molecule has 2 atom stereocenters. The maximum atomic E-state index is 11.6. The summed E-state index contributed by atoms with van der Waals surface area (Å²) >= 11 is 0. The zero-order chi connectivity index (χ0) is 10.7. The summed E-state index contributed by atoms with van der Waals surface area (Å²) in [6.07, 6.45) is 1.50. The molecule has 0 saturated carbocycles. The highest BCUT2D eigenvalue weighted by molar-refractivity contribution is 5.87. The summed E-state index contributed by atoms with van der Waals surface area (Å²) in [6.45, 7) is 2.22. The van der Waals surface area contributed by atoms with Crippen molar-refractivity contribution in [2.45, 2.75) is 31.8 Å². The quantitative estimate of drug-likeness (QED) is 0.610. The van der Waals surface area contributed by atoms with Crippen LogP contribution in [-0.2, 0) is 14.3 Å². The summed E-state index contributed by atoms with van der Waals surface area (Å²) in [7, 11) is 1.33. The van der Waals surface area contributed by atoms with E-state index in [2.05, 4.69) is 4.74 Å². The van der Waals surface area contributed by atoms with Gasteiger partial charge in [-0.25, -0.2) is 4.79 Å². The first-order valence-electron chi connectivity index (χ1n) is 4.71. The van der Waals surface area contributed by atoms with Gasteiger partial charge in [-0.2, -0.15) is 0 Å². The molecule has 14 heavy (non-hydrogen) atoms. The molecule has 1 saturated heterocycles. The number of nitrogens with two attached hydrogens (primary N) is 1. The van der Waals surface area contributed by atoms with E-state index in [-0.39, 0.29) is 11.9 Å². The van der Waals surface area contributed by atoms with Gasteiger partial charge in [0.1, 0.15) is 6.04 Å². The second-order valence-electron chi connectivity index (χ2n) is 3.50. The second kappa shape index (κ2) is 4.41. The van der Waals surface area contributed by atoms with Crippen molar-refractivity contribution in [2.75, 3.05) is 13.7 Å². The average Bonchev–Trinajstić information content (AvgIpc) is 2.63. The van der Waals surface area contributed by atoms with Gasteiger partial charge in [-0.15, -0.1) is 0 Å². The van der Waals surface area contributed by atoms with E-state index in [0.29, 0.717) is 13.0 Å². The van der Waals surface area contributed by atoms with Gasteiger partial charge in [-0.05, 0) is 19.8 Å². The third-order valence-corrected chi connectivity index (χ3v) is 2.40. The number of likely N-dealkylation sites (tertiary alicyclic amines) is 1. The molecule has 1 amide bonds. The number of carbonyl (C=O) groups is 2. The molecule has 1 aliphatic heterocycles. The largest absolute Gasteiger partial charge is 0.467 e. The molecular formula is C9H16N2O3. The molecule has 1 fully saturated rings. The Morgan fingerprint density at radius 2 is 2.21 bits per heavy atom. The van der Waals surface area contributed by atoms with Gasteiger partial charge in [-0.1, -0.05) is 0 Å². The lowest BCUT2D eigenvalue weighted by atomic mass is 10.2. The fraction of sp³-hybridized carbons (Fsp3) is 0.778. The number of rotatable bonds is 2. The number of amides is 1. The minimum Gasteiger partial charge on any atom is -0.467 e. The van der Waals surface area contributed by atoms with Gasteiger partial charge in [0.2, 0.25) is 5.91 Å². The lowest BCUT2D eigenvalue weighted by Gasteiger charge is -2.24. The van der Waals surface area contributed by atoms with Crippen LogP contribution in [0.3, 0.4) is 0 Å². The van der Waals surface area contributed by atoms with Gasteiger partial charge < -0.3 is 15.4 Å². The molecule has 80 valence electrons. The Morgan fingerprint density at radius 1 is 1.57 bits per heavy atom. The zero-order valence-corrected chi connectivity index (χ0v) is 8.53. The van der Waals surface area contributed by atoms with Crippen molar-refractivity contribution in [3.8, 4) is 0 Å². The molecule has 1 aliphatic rings. The molecule has 0 aliphatic carbocycles. The Morgan fingerprint density at radius 3 is 2.71 bits per heavy atom. The molecule has 1 unspecified atom stereocenters. The Labute approximate surface area is 83.2 Å². The molecule has 1 heterocycles. The average molecular weight is 200 g/mol. The van der Waals surface area contributed by atoms with Gasteiger partial charge in [0.25, 0.3) is 0 Å². The fourth-order valence-electron chi connectivity index (χ4n) is 1.67. The molecule has 2 N–H and O–H groups in total. The standard InChI is InChI=1S/C9H16N2O3/c1-6(10)8(12)11-5-3-4-7(11)9(13)14-2/h6-7H,3-5,10H2,1-2H3/t6-,7?/m1/s1. The maximum Gasteiger partial charge on any atom is 0.328 e. The van der Waals surface area contributed by atoms with Crippen LogP contribution in [0.5, 0.6) is 0 Å². The minimum absolute atomic E-state index is 0.182. The van der Waals surface area contributed by atoms with Crippen molar-refractivity contribution in [1.82, 2.24) is 4.90 Å². The summed E-state index contributed by atoms with van der Waals surface area (Å²) in [5, 5.41) is 0. The lowest BCUT2D eigenvalue weighted by Crippen LogP contribution is -2.47. The molecule has 0 radical (unpaired) electrons. The number of nitrogens with zero attached hydrogens (tertiary/aromatic N) is 1. The van der Waals surface area contributed by atoms with Crippen molar-refractivity contribution in [2.24, 2.45) is 5.73 Å². The fourth-order valence-corrected chi connectivity index (χ4v) is 1.67. The van der Waals surface area contributed by atoms with Crippen LogP contribution in [0, 0.1) is 0 Å². The lowest BCUT2D eigenvalue weighted by molar-refractivity contribution is -0.151. The van der Waals surface area contributed by atoms with E-state index in [1.165, 1.54) is 12.0 Å². The molecular weight excluding hydrogens is 184 g/mol. The third kappa shape index (κ3) is 2.04. The van der Waals surface area contributed by atoms with Crippen molar-refractivity contribution >= 4 is 11.9 Å². The Balaban J connectivity index is 2.68. The molecule has 5 heteroatoms. The number of hydrogen-bond acceptors (Lipinski definition) is 4. The van der Waals surface area contributed by atoms with E-state index in [4.69, 9.17) is 5.73 Å². The van der Waals surface area contributed by atoms with Crippen LogP contribution in [0.15, 0.2) is 0 Å². The summed E-state index contributed by atoms with van der Waals surface area (Å²) in [5.41, 5.74) is 5.48. The highest BCUT2D eigenvalue weighted by Gasteiger charge is 2.35. The first kappa shape index (κ1) is 11.0. The van der Waals surface area contributed by atoms with Crippen LogP contribution >= 0.6 is 0 Å². The van der Waals surface area contributed by atoms with Crippen molar-refractivity contribution in [3.63, 3.8) is 0 Å². The van der Waals surface area contributed by atoms with E-state index in [1.807, 2.05) is 0 Å². The van der Waals surface area contributed by atoms with Gasteiger partial charge in [0.15, 0.2) is 0 Å². The van der Waals surface area contributed by atoms with Gasteiger partial charge in [-0.3, -0.25) is 4.79 Å². The number of ether oxygens (including phenoxy) is 1. The summed E-state index contributed by atoms with van der Waals surface area (Å²) < 4.78 is 4.62. The van der Waals surface area contributed by atoms with E-state index in [0.717, 1.165) is 6.42 Å². The van der Waals surface area contributed by atoms with Gasteiger partial charge in [0, 0.05) is 6.54 Å². The normalized spacial score (nSPS) is 23.4. The van der Waals surface area contributed by atoms with E-state index >= 15 is 0 Å². The molecule has 0 bridgehead atoms. The van der Waals surface area contributed by atoms with Crippen LogP contribution in [0.4, 0.5) is 0 Å². The highest BCUT2D eigenvalue weighted by atomic mass is 16.5. The molecule has 1 rings (SSSR count). The van der Waals surface area contributed by atoms with Gasteiger partial charge in [0.05, 0.1) is 13.2 Å². The topological polar surface area (TPSA) is 72.6 Å². The van der Waals surface area contributed by atoms with Crippen molar-refractivity contribution in [3.05, 3.63) is 0 Å². The number of hydrogen-bond donors (Lipinski definition) is 1. The number of carbonyl (C=O) groups excluding carboxylic acids is 2. The predicted octanol–water partition coefficient (Wildman–Crippen LogP) is -0.502. The third-order valence-electron chi connectivity index (χ3n) is 2.40. The number of methoxy groups -OCH3 is 1. The molecule has 0 aromatic heterocycles. The van der Waals surface area contributed by atoms with E-state index in [9.17, 15) is 9.59 Å². The zero-order valence-electron chi connectivity index (χ0n) is 8.53. The summed E-state index contributed by atoms with van der Waals surface area (Å²) in [4.78, 5) is 24.4. The first-order chi connectivity index (χ1) is 6.57. The highest BCUT2D eigenvalue weighted by Crippen LogP contribution is 2.18. The van der Waals surface area contributed by atoms with Crippen LogP contribution in [0.2, 0.25) is 0 Å². The predicted molar refractivity (Wildman–Crippen MR) is 50.4 cm³/mol. The van der Waals surface area contributed by atoms with Gasteiger partial charge >= 0.3 is 5.97 Å². The Bertz CT molecular complexity index is 240.